The minimum absolute atomic E-state index is 0.173. The molecule has 2 aromatic carbocycles. The number of alkyl halides is 3. The smallest absolute Gasteiger partial charge is 0.319 e. The Balaban J connectivity index is 1.84. The van der Waals surface area contributed by atoms with E-state index in [1.807, 2.05) is 0 Å². The zero-order chi connectivity index (χ0) is 22.3. The molecule has 0 spiro atoms. The number of aromatic nitrogens is 3. The number of nitrogens with one attached hydrogen (secondary N) is 1. The van der Waals surface area contributed by atoms with Crippen molar-refractivity contribution in [2.75, 3.05) is 5.32 Å². The van der Waals surface area contributed by atoms with E-state index in [9.17, 15) is 31.1 Å². The molecule has 2 aromatic heterocycles. The van der Waals surface area contributed by atoms with Gasteiger partial charge in [0.05, 0.1) is 17.6 Å². The Morgan fingerprint density at radius 2 is 1.61 bits per heavy atom. The van der Waals surface area contributed by atoms with E-state index in [1.165, 1.54) is 12.1 Å². The topological polar surface area (TPSA) is 59.3 Å². The van der Waals surface area contributed by atoms with E-state index in [0.29, 0.717) is 16.6 Å². The van der Waals surface area contributed by atoms with E-state index >= 15 is 0 Å². The SMILES string of the molecule is O=C(Nc1ccc(F)cc1F)c1cnn2c(C(F)(F)F)cc(-c3ccc(F)cc3)nc12. The largest absolute Gasteiger partial charge is 0.433 e. The lowest BCUT2D eigenvalue weighted by Crippen LogP contribution is -2.16. The lowest BCUT2D eigenvalue weighted by atomic mass is 10.1. The van der Waals surface area contributed by atoms with Crippen molar-refractivity contribution in [2.24, 2.45) is 0 Å². The fourth-order valence-electron chi connectivity index (χ4n) is 2.87. The van der Waals surface area contributed by atoms with Crippen molar-refractivity contribution in [1.29, 1.82) is 0 Å². The van der Waals surface area contributed by atoms with Crippen LogP contribution < -0.4 is 5.32 Å². The molecule has 4 rings (SSSR count). The molecule has 2 heterocycles. The maximum absolute atomic E-state index is 13.8. The van der Waals surface area contributed by atoms with E-state index in [1.54, 1.807) is 0 Å². The molecular weight excluding hydrogens is 426 g/mol. The number of benzene rings is 2. The predicted molar refractivity (Wildman–Crippen MR) is 97.7 cm³/mol. The number of amides is 1. The van der Waals surface area contributed by atoms with E-state index in [2.05, 4.69) is 15.4 Å². The summed E-state index contributed by atoms with van der Waals surface area (Å²) in [6.07, 6.45) is -4.00. The van der Waals surface area contributed by atoms with Crippen LogP contribution in [0.5, 0.6) is 0 Å². The number of halogens is 6. The molecule has 0 fully saturated rings. The van der Waals surface area contributed by atoms with Gasteiger partial charge in [-0.1, -0.05) is 0 Å². The second kappa shape index (κ2) is 7.42. The summed E-state index contributed by atoms with van der Waals surface area (Å²) in [5.41, 5.74) is -2.43. The fourth-order valence-corrected chi connectivity index (χ4v) is 2.87. The molecule has 0 radical (unpaired) electrons. The minimum atomic E-state index is -4.85. The third kappa shape index (κ3) is 3.93. The number of nitrogens with zero attached hydrogens (tertiary/aromatic N) is 3. The number of hydrogen-bond acceptors (Lipinski definition) is 3. The monoisotopic (exact) mass is 436 g/mol. The van der Waals surface area contributed by atoms with Gasteiger partial charge in [-0.05, 0) is 42.5 Å². The summed E-state index contributed by atoms with van der Waals surface area (Å²) in [5.74, 6) is -3.53. The van der Waals surface area contributed by atoms with Crippen LogP contribution in [-0.2, 0) is 6.18 Å². The molecule has 4 aromatic rings. The van der Waals surface area contributed by atoms with Gasteiger partial charge in [-0.2, -0.15) is 18.3 Å². The molecule has 0 atom stereocenters. The normalized spacial score (nSPS) is 11.7. The molecule has 0 saturated heterocycles. The third-order valence-electron chi connectivity index (χ3n) is 4.33. The summed E-state index contributed by atoms with van der Waals surface area (Å²) < 4.78 is 81.3. The molecule has 158 valence electrons. The first-order valence-corrected chi connectivity index (χ1v) is 8.62. The van der Waals surface area contributed by atoms with Crippen molar-refractivity contribution in [3.63, 3.8) is 0 Å². The molecule has 0 aliphatic heterocycles. The highest BCUT2D eigenvalue weighted by molar-refractivity contribution is 6.08. The molecule has 5 nitrogen and oxygen atoms in total. The number of rotatable bonds is 3. The summed E-state index contributed by atoms with van der Waals surface area (Å²) in [6, 6.07) is 7.70. The summed E-state index contributed by atoms with van der Waals surface area (Å²) in [4.78, 5) is 16.7. The molecule has 0 saturated carbocycles. The van der Waals surface area contributed by atoms with Crippen LogP contribution in [0.1, 0.15) is 16.1 Å². The Bertz CT molecular complexity index is 1300. The number of carbonyl (C=O) groups is 1. The molecule has 0 aliphatic carbocycles. The summed E-state index contributed by atoms with van der Waals surface area (Å²) in [7, 11) is 0. The Hall–Kier alpha value is -3.89. The number of hydrogen-bond donors (Lipinski definition) is 1. The quantitative estimate of drug-likeness (QED) is 0.456. The van der Waals surface area contributed by atoms with Crippen molar-refractivity contribution in [3.8, 4) is 11.3 Å². The highest BCUT2D eigenvalue weighted by Gasteiger charge is 2.36. The van der Waals surface area contributed by atoms with Crippen LogP contribution >= 0.6 is 0 Å². The van der Waals surface area contributed by atoms with Gasteiger partial charge in [-0.15, -0.1) is 0 Å². The van der Waals surface area contributed by atoms with Crippen LogP contribution in [0.2, 0.25) is 0 Å². The minimum Gasteiger partial charge on any atom is -0.319 e. The molecule has 0 unspecified atom stereocenters. The van der Waals surface area contributed by atoms with Crippen LogP contribution in [0.15, 0.2) is 54.7 Å². The van der Waals surface area contributed by atoms with Crippen molar-refractivity contribution < 1.29 is 31.1 Å². The summed E-state index contributed by atoms with van der Waals surface area (Å²) in [5, 5.41) is 5.74. The second-order valence-corrected chi connectivity index (χ2v) is 6.40. The number of carbonyl (C=O) groups excluding carboxylic acids is 1. The van der Waals surface area contributed by atoms with Crippen LogP contribution in [0.3, 0.4) is 0 Å². The van der Waals surface area contributed by atoms with Gasteiger partial charge in [0, 0.05) is 11.6 Å². The maximum atomic E-state index is 13.8. The average molecular weight is 436 g/mol. The summed E-state index contributed by atoms with van der Waals surface area (Å²) in [6.45, 7) is 0. The Morgan fingerprint density at radius 1 is 0.935 bits per heavy atom. The van der Waals surface area contributed by atoms with Crippen molar-refractivity contribution in [1.82, 2.24) is 14.6 Å². The average Bonchev–Trinajstić information content (AvgIpc) is 3.13. The Kier molecular flexibility index (Phi) is 4.88. The highest BCUT2D eigenvalue weighted by atomic mass is 19.4. The van der Waals surface area contributed by atoms with Gasteiger partial charge in [0.2, 0.25) is 0 Å². The highest BCUT2D eigenvalue weighted by Crippen LogP contribution is 2.33. The van der Waals surface area contributed by atoms with Gasteiger partial charge in [0.25, 0.3) is 5.91 Å². The molecule has 11 heteroatoms. The second-order valence-electron chi connectivity index (χ2n) is 6.40. The van der Waals surface area contributed by atoms with E-state index in [4.69, 9.17) is 0 Å². The van der Waals surface area contributed by atoms with E-state index in [-0.39, 0.29) is 22.5 Å². The van der Waals surface area contributed by atoms with Crippen molar-refractivity contribution in [3.05, 3.63) is 83.4 Å². The molecule has 0 bridgehead atoms. The summed E-state index contributed by atoms with van der Waals surface area (Å²) >= 11 is 0. The van der Waals surface area contributed by atoms with E-state index in [0.717, 1.165) is 30.5 Å². The lowest BCUT2D eigenvalue weighted by molar-refractivity contribution is -0.142. The predicted octanol–water partition coefficient (Wildman–Crippen LogP) is 5.08. The molecule has 0 aliphatic rings. The third-order valence-corrected chi connectivity index (χ3v) is 4.33. The van der Waals surface area contributed by atoms with Gasteiger partial charge in [0.1, 0.15) is 23.0 Å². The first-order chi connectivity index (χ1) is 14.6. The van der Waals surface area contributed by atoms with Crippen molar-refractivity contribution >= 4 is 17.2 Å². The van der Waals surface area contributed by atoms with Gasteiger partial charge in [-0.25, -0.2) is 22.7 Å². The van der Waals surface area contributed by atoms with Gasteiger partial charge < -0.3 is 5.32 Å². The first-order valence-electron chi connectivity index (χ1n) is 8.62. The maximum Gasteiger partial charge on any atom is 0.433 e. The Labute approximate surface area is 170 Å². The molecule has 1 amide bonds. The zero-order valence-corrected chi connectivity index (χ0v) is 15.2. The fraction of sp³-hybridized carbons (Fsp3) is 0.0500. The van der Waals surface area contributed by atoms with Crippen LogP contribution in [0.4, 0.5) is 32.0 Å². The van der Waals surface area contributed by atoms with Crippen LogP contribution in [0.25, 0.3) is 16.9 Å². The van der Waals surface area contributed by atoms with Gasteiger partial charge in [-0.3, -0.25) is 4.79 Å². The van der Waals surface area contributed by atoms with Gasteiger partial charge in [0.15, 0.2) is 11.3 Å². The lowest BCUT2D eigenvalue weighted by Gasteiger charge is -2.12. The molecule has 1 N–H and O–H groups in total. The zero-order valence-electron chi connectivity index (χ0n) is 15.2. The van der Waals surface area contributed by atoms with Crippen molar-refractivity contribution in [2.45, 2.75) is 6.18 Å². The van der Waals surface area contributed by atoms with Crippen LogP contribution in [-0.4, -0.2) is 20.5 Å². The standard InChI is InChI=1S/C20H10F6N4O/c21-11-3-1-10(2-4-11)16-8-17(20(24,25)26)30-18(28-16)13(9-27-30)19(31)29-15-6-5-12(22)7-14(15)23/h1-9H,(H,29,31). The van der Waals surface area contributed by atoms with Crippen LogP contribution in [0, 0.1) is 17.5 Å². The number of anilines is 1. The Morgan fingerprint density at radius 3 is 2.26 bits per heavy atom. The molecule has 31 heavy (non-hydrogen) atoms. The number of fused-ring (bicyclic) bond motifs is 1. The van der Waals surface area contributed by atoms with Gasteiger partial charge >= 0.3 is 6.18 Å². The van der Waals surface area contributed by atoms with E-state index < -0.39 is 40.9 Å². The first kappa shape index (κ1) is 20.4. The molecular formula is C20H10F6N4O.